The molecule has 0 saturated carbocycles. The number of hydrogen-bond donors (Lipinski definition) is 1. The molecule has 24 heavy (non-hydrogen) atoms. The summed E-state index contributed by atoms with van der Waals surface area (Å²) in [6.07, 6.45) is 0. The van der Waals surface area contributed by atoms with Gasteiger partial charge in [0.1, 0.15) is 5.69 Å². The van der Waals surface area contributed by atoms with Crippen LogP contribution in [-0.4, -0.2) is 20.7 Å². The largest absolute Gasteiger partial charge is 0.296 e. The Hall–Kier alpha value is -2.47. The second-order valence-corrected chi connectivity index (χ2v) is 6.64. The molecule has 0 fully saturated rings. The van der Waals surface area contributed by atoms with Gasteiger partial charge >= 0.3 is 0 Å². The highest BCUT2D eigenvalue weighted by Crippen LogP contribution is 2.26. The Labute approximate surface area is 145 Å². The molecule has 0 atom stereocenters. The van der Waals surface area contributed by atoms with E-state index in [1.54, 1.807) is 10.7 Å². The van der Waals surface area contributed by atoms with Gasteiger partial charge in [0, 0.05) is 17.5 Å². The lowest BCUT2D eigenvalue weighted by Gasteiger charge is -2.04. The normalized spacial score (nSPS) is 10.8. The Bertz CT molecular complexity index is 894. The SMILES string of the molecule is CCn1nc(C)cc1C(=O)Nc1nc(-c2ccc(C)c(C)c2)cs1. The average molecular weight is 340 g/mol. The van der Waals surface area contributed by atoms with E-state index in [1.807, 2.05) is 19.2 Å². The number of amides is 1. The number of rotatable bonds is 4. The van der Waals surface area contributed by atoms with Crippen LogP contribution in [-0.2, 0) is 6.54 Å². The number of carbonyl (C=O) groups excluding carboxylic acids is 1. The lowest BCUT2D eigenvalue weighted by atomic mass is 10.1. The van der Waals surface area contributed by atoms with Crippen molar-refractivity contribution < 1.29 is 4.79 Å². The molecule has 0 spiro atoms. The first-order chi connectivity index (χ1) is 11.5. The minimum Gasteiger partial charge on any atom is -0.296 e. The number of aromatic nitrogens is 3. The topological polar surface area (TPSA) is 59.8 Å². The summed E-state index contributed by atoms with van der Waals surface area (Å²) in [7, 11) is 0. The van der Waals surface area contributed by atoms with Crippen LogP contribution in [0, 0.1) is 20.8 Å². The number of benzene rings is 1. The number of nitrogens with one attached hydrogen (secondary N) is 1. The molecule has 124 valence electrons. The molecule has 1 amide bonds. The quantitative estimate of drug-likeness (QED) is 0.774. The summed E-state index contributed by atoms with van der Waals surface area (Å²) in [6.45, 7) is 8.67. The Kier molecular flexibility index (Phi) is 4.49. The van der Waals surface area contributed by atoms with E-state index < -0.39 is 0 Å². The first-order valence-electron chi connectivity index (χ1n) is 7.87. The molecule has 3 aromatic rings. The van der Waals surface area contributed by atoms with Crippen LogP contribution in [0.25, 0.3) is 11.3 Å². The van der Waals surface area contributed by atoms with Crippen LogP contribution in [0.2, 0.25) is 0 Å². The Morgan fingerprint density at radius 3 is 2.71 bits per heavy atom. The van der Waals surface area contributed by atoms with E-state index in [0.29, 0.717) is 17.4 Å². The Morgan fingerprint density at radius 1 is 1.21 bits per heavy atom. The van der Waals surface area contributed by atoms with Crippen molar-refractivity contribution in [2.24, 2.45) is 0 Å². The summed E-state index contributed by atoms with van der Waals surface area (Å²) in [4.78, 5) is 17.0. The molecule has 0 aliphatic carbocycles. The van der Waals surface area contributed by atoms with Gasteiger partial charge in [-0.2, -0.15) is 5.10 Å². The van der Waals surface area contributed by atoms with Crippen molar-refractivity contribution in [3.05, 3.63) is 52.2 Å². The molecule has 2 heterocycles. The van der Waals surface area contributed by atoms with Gasteiger partial charge in [-0.25, -0.2) is 4.98 Å². The molecular formula is C18H20N4OS. The maximum absolute atomic E-state index is 12.4. The third-order valence-electron chi connectivity index (χ3n) is 3.96. The van der Waals surface area contributed by atoms with E-state index in [4.69, 9.17) is 0 Å². The third-order valence-corrected chi connectivity index (χ3v) is 4.72. The van der Waals surface area contributed by atoms with Crippen molar-refractivity contribution >= 4 is 22.4 Å². The first kappa shape index (κ1) is 16.4. The standard InChI is InChI=1S/C18H20N4OS/c1-5-22-16(9-13(4)21-22)17(23)20-18-19-15(10-24-18)14-7-6-11(2)12(3)8-14/h6-10H,5H2,1-4H3,(H,19,20,23). The molecule has 6 heteroatoms. The molecule has 3 rings (SSSR count). The molecule has 2 aromatic heterocycles. The fraction of sp³-hybridized carbons (Fsp3) is 0.278. The minimum atomic E-state index is -0.182. The zero-order chi connectivity index (χ0) is 17.3. The maximum Gasteiger partial charge on any atom is 0.275 e. The molecule has 1 N–H and O–H groups in total. The highest BCUT2D eigenvalue weighted by molar-refractivity contribution is 7.14. The molecule has 0 saturated heterocycles. The molecule has 0 unspecified atom stereocenters. The van der Waals surface area contributed by atoms with E-state index >= 15 is 0 Å². The van der Waals surface area contributed by atoms with Gasteiger partial charge in [0.15, 0.2) is 5.13 Å². The van der Waals surface area contributed by atoms with Gasteiger partial charge in [-0.05, 0) is 51.0 Å². The fourth-order valence-electron chi connectivity index (χ4n) is 2.49. The second-order valence-electron chi connectivity index (χ2n) is 5.78. The van der Waals surface area contributed by atoms with Crippen LogP contribution < -0.4 is 5.32 Å². The maximum atomic E-state index is 12.4. The van der Waals surface area contributed by atoms with E-state index in [2.05, 4.69) is 47.4 Å². The van der Waals surface area contributed by atoms with Crippen molar-refractivity contribution in [1.29, 1.82) is 0 Å². The smallest absolute Gasteiger partial charge is 0.275 e. The molecule has 0 aliphatic heterocycles. The summed E-state index contributed by atoms with van der Waals surface area (Å²) < 4.78 is 1.70. The molecule has 0 radical (unpaired) electrons. The summed E-state index contributed by atoms with van der Waals surface area (Å²) in [5, 5.41) is 9.72. The number of nitrogens with zero attached hydrogens (tertiary/aromatic N) is 3. The van der Waals surface area contributed by atoms with Crippen LogP contribution in [0.5, 0.6) is 0 Å². The minimum absolute atomic E-state index is 0.182. The predicted molar refractivity (Wildman–Crippen MR) is 97.6 cm³/mol. The van der Waals surface area contributed by atoms with Crippen LogP contribution in [0.4, 0.5) is 5.13 Å². The van der Waals surface area contributed by atoms with Gasteiger partial charge in [-0.3, -0.25) is 14.8 Å². The van der Waals surface area contributed by atoms with E-state index in [9.17, 15) is 4.79 Å². The molecule has 0 bridgehead atoms. The summed E-state index contributed by atoms with van der Waals surface area (Å²) in [6, 6.07) is 8.05. The molecular weight excluding hydrogens is 320 g/mol. The summed E-state index contributed by atoms with van der Waals surface area (Å²) >= 11 is 1.42. The number of carbonyl (C=O) groups is 1. The summed E-state index contributed by atoms with van der Waals surface area (Å²) in [5.41, 5.74) is 5.80. The molecule has 5 nitrogen and oxygen atoms in total. The number of thiazole rings is 1. The van der Waals surface area contributed by atoms with Crippen LogP contribution >= 0.6 is 11.3 Å². The van der Waals surface area contributed by atoms with E-state index in [0.717, 1.165) is 17.0 Å². The highest BCUT2D eigenvalue weighted by atomic mass is 32.1. The van der Waals surface area contributed by atoms with Gasteiger partial charge in [0.25, 0.3) is 5.91 Å². The van der Waals surface area contributed by atoms with Crippen molar-refractivity contribution in [2.45, 2.75) is 34.2 Å². The second kappa shape index (κ2) is 6.57. The van der Waals surface area contributed by atoms with Gasteiger partial charge < -0.3 is 0 Å². The average Bonchev–Trinajstić information content (AvgIpc) is 3.16. The molecule has 0 aliphatic rings. The predicted octanol–water partition coefficient (Wildman–Crippen LogP) is 4.20. The Morgan fingerprint density at radius 2 is 2.00 bits per heavy atom. The highest BCUT2D eigenvalue weighted by Gasteiger charge is 2.15. The molecule has 1 aromatic carbocycles. The van der Waals surface area contributed by atoms with E-state index in [-0.39, 0.29) is 5.91 Å². The van der Waals surface area contributed by atoms with E-state index in [1.165, 1.54) is 22.5 Å². The number of anilines is 1. The lowest BCUT2D eigenvalue weighted by Crippen LogP contribution is -2.17. The van der Waals surface area contributed by atoms with Crippen molar-refractivity contribution in [1.82, 2.24) is 14.8 Å². The van der Waals surface area contributed by atoms with Crippen molar-refractivity contribution in [3.8, 4) is 11.3 Å². The zero-order valence-corrected chi connectivity index (χ0v) is 15.1. The van der Waals surface area contributed by atoms with Gasteiger partial charge in [-0.15, -0.1) is 11.3 Å². The van der Waals surface area contributed by atoms with Gasteiger partial charge in [0.05, 0.1) is 11.4 Å². The first-order valence-corrected chi connectivity index (χ1v) is 8.75. The van der Waals surface area contributed by atoms with Crippen molar-refractivity contribution in [3.63, 3.8) is 0 Å². The van der Waals surface area contributed by atoms with Crippen molar-refractivity contribution in [2.75, 3.05) is 5.32 Å². The third kappa shape index (κ3) is 3.23. The number of hydrogen-bond acceptors (Lipinski definition) is 4. The van der Waals surface area contributed by atoms with Crippen LogP contribution in [0.1, 0.15) is 34.2 Å². The summed E-state index contributed by atoms with van der Waals surface area (Å²) in [5.74, 6) is -0.182. The fourth-order valence-corrected chi connectivity index (χ4v) is 3.21. The lowest BCUT2D eigenvalue weighted by molar-refractivity contribution is 0.101. The Balaban J connectivity index is 1.80. The zero-order valence-electron chi connectivity index (χ0n) is 14.3. The number of aryl methyl sites for hydroxylation is 4. The van der Waals surface area contributed by atoms with Gasteiger partial charge in [0.2, 0.25) is 0 Å². The van der Waals surface area contributed by atoms with Gasteiger partial charge in [-0.1, -0.05) is 12.1 Å². The van der Waals surface area contributed by atoms with Crippen LogP contribution in [0.15, 0.2) is 29.6 Å². The monoisotopic (exact) mass is 340 g/mol. The van der Waals surface area contributed by atoms with Crippen LogP contribution in [0.3, 0.4) is 0 Å².